The molecule has 26 heavy (non-hydrogen) atoms. The maximum Gasteiger partial charge on any atom is 0.254 e. The number of amides is 1. The molecule has 2 aromatic rings. The molecule has 138 valence electrons. The lowest BCUT2D eigenvalue weighted by molar-refractivity contribution is 0.0633. The Morgan fingerprint density at radius 3 is 2.50 bits per heavy atom. The van der Waals surface area contributed by atoms with Gasteiger partial charge in [-0.3, -0.25) is 9.59 Å². The van der Waals surface area contributed by atoms with Crippen LogP contribution in [0.3, 0.4) is 0 Å². The topological polar surface area (TPSA) is 49.4 Å². The van der Waals surface area contributed by atoms with Gasteiger partial charge in [-0.05, 0) is 29.8 Å². The van der Waals surface area contributed by atoms with Gasteiger partial charge in [0.15, 0.2) is 5.78 Å². The van der Waals surface area contributed by atoms with Crippen LogP contribution in [0.1, 0.15) is 45.7 Å². The van der Waals surface area contributed by atoms with Crippen LogP contribution in [0.15, 0.2) is 48.5 Å². The van der Waals surface area contributed by atoms with Gasteiger partial charge in [-0.2, -0.15) is 0 Å². The maximum atomic E-state index is 13.6. The summed E-state index contributed by atoms with van der Waals surface area (Å²) in [6.07, 6.45) is 0.437. The number of nitrogens with zero attached hydrogens (tertiary/aromatic N) is 1. The number of nitrogens with one attached hydrogen (secondary N) is 1. The molecular formula is C20H22ClFN2O2. The smallest absolute Gasteiger partial charge is 0.254 e. The zero-order valence-electron chi connectivity index (χ0n) is 14.6. The molecule has 1 unspecified atom stereocenters. The van der Waals surface area contributed by atoms with Crippen LogP contribution in [0.5, 0.6) is 0 Å². The molecule has 1 atom stereocenters. The number of carbonyl (C=O) groups excluding carboxylic acids is 2. The summed E-state index contributed by atoms with van der Waals surface area (Å²) in [5, 5.41) is 3.26. The fourth-order valence-corrected chi connectivity index (χ4v) is 3.13. The Bertz CT molecular complexity index is 780. The van der Waals surface area contributed by atoms with Crippen LogP contribution in [0.2, 0.25) is 0 Å². The largest absolute Gasteiger partial charge is 0.329 e. The number of piperazine rings is 1. The highest BCUT2D eigenvalue weighted by atomic mass is 35.5. The number of halogens is 2. The van der Waals surface area contributed by atoms with Crippen molar-refractivity contribution in [3.05, 3.63) is 71.0 Å². The van der Waals surface area contributed by atoms with Gasteiger partial charge >= 0.3 is 0 Å². The van der Waals surface area contributed by atoms with E-state index in [0.29, 0.717) is 37.2 Å². The predicted molar refractivity (Wildman–Crippen MR) is 101 cm³/mol. The van der Waals surface area contributed by atoms with Crippen molar-refractivity contribution in [1.82, 2.24) is 10.2 Å². The fraction of sp³-hybridized carbons (Fsp3) is 0.300. The van der Waals surface area contributed by atoms with Crippen LogP contribution < -0.4 is 5.32 Å². The molecule has 0 bridgehead atoms. The summed E-state index contributed by atoms with van der Waals surface area (Å²) in [6.45, 7) is 3.65. The second kappa shape index (κ2) is 8.92. The summed E-state index contributed by atoms with van der Waals surface area (Å²) in [4.78, 5) is 26.4. The second-order valence-electron chi connectivity index (χ2n) is 6.13. The van der Waals surface area contributed by atoms with Crippen LogP contribution in [0, 0.1) is 5.82 Å². The van der Waals surface area contributed by atoms with Crippen molar-refractivity contribution in [2.24, 2.45) is 0 Å². The lowest BCUT2D eigenvalue weighted by atomic mass is 10.0. The van der Waals surface area contributed by atoms with Gasteiger partial charge < -0.3 is 10.2 Å². The Labute approximate surface area is 158 Å². The van der Waals surface area contributed by atoms with Gasteiger partial charge in [0.25, 0.3) is 5.91 Å². The molecule has 1 aliphatic heterocycles. The Hall–Kier alpha value is -2.24. The van der Waals surface area contributed by atoms with Gasteiger partial charge in [-0.15, -0.1) is 12.4 Å². The van der Waals surface area contributed by atoms with E-state index in [9.17, 15) is 14.0 Å². The number of Topliss-reactive ketones (excluding diaryl/α,β-unsaturated/α-hetero) is 1. The molecule has 0 aliphatic carbocycles. The monoisotopic (exact) mass is 376 g/mol. The van der Waals surface area contributed by atoms with Crippen molar-refractivity contribution >= 4 is 24.1 Å². The molecular weight excluding hydrogens is 355 g/mol. The van der Waals surface area contributed by atoms with E-state index in [1.54, 1.807) is 35.2 Å². The number of carbonyl (C=O) groups is 2. The van der Waals surface area contributed by atoms with Gasteiger partial charge in [0.05, 0.1) is 6.04 Å². The van der Waals surface area contributed by atoms with E-state index in [2.05, 4.69) is 5.32 Å². The molecule has 1 aliphatic rings. The molecule has 0 aromatic heterocycles. The third-order valence-corrected chi connectivity index (χ3v) is 4.51. The molecule has 1 fully saturated rings. The Morgan fingerprint density at radius 1 is 1.15 bits per heavy atom. The minimum Gasteiger partial charge on any atom is -0.329 e. The molecule has 0 saturated carbocycles. The van der Waals surface area contributed by atoms with Crippen LogP contribution in [-0.4, -0.2) is 36.2 Å². The average molecular weight is 377 g/mol. The highest BCUT2D eigenvalue weighted by Crippen LogP contribution is 2.25. The summed E-state index contributed by atoms with van der Waals surface area (Å²) in [5.41, 5.74) is 1.93. The second-order valence-corrected chi connectivity index (χ2v) is 6.13. The molecule has 2 aromatic carbocycles. The van der Waals surface area contributed by atoms with Crippen molar-refractivity contribution in [1.29, 1.82) is 0 Å². The first kappa shape index (κ1) is 20.1. The van der Waals surface area contributed by atoms with Crippen LogP contribution in [-0.2, 0) is 0 Å². The molecule has 1 heterocycles. The SMILES string of the molecule is CCC(=O)c1ccc(C(=O)N2CCNCC2c2cccc(F)c2)cc1.Cl. The predicted octanol–water partition coefficient (Wildman–Crippen LogP) is 3.63. The Kier molecular flexibility index (Phi) is 6.89. The van der Waals surface area contributed by atoms with E-state index in [4.69, 9.17) is 0 Å². The normalized spacial score (nSPS) is 16.7. The number of hydrogen-bond acceptors (Lipinski definition) is 3. The van der Waals surface area contributed by atoms with E-state index in [0.717, 1.165) is 5.56 Å². The van der Waals surface area contributed by atoms with E-state index >= 15 is 0 Å². The minimum atomic E-state index is -0.307. The fourth-order valence-electron chi connectivity index (χ4n) is 3.13. The van der Waals surface area contributed by atoms with Gasteiger partial charge in [0.1, 0.15) is 5.82 Å². The number of ketones is 1. The molecule has 6 heteroatoms. The molecule has 1 saturated heterocycles. The highest BCUT2D eigenvalue weighted by molar-refractivity contribution is 5.98. The maximum absolute atomic E-state index is 13.6. The van der Waals surface area contributed by atoms with Crippen molar-refractivity contribution in [2.45, 2.75) is 19.4 Å². The molecule has 1 amide bonds. The van der Waals surface area contributed by atoms with Gasteiger partial charge in [-0.1, -0.05) is 31.2 Å². The lowest BCUT2D eigenvalue weighted by Gasteiger charge is -2.36. The van der Waals surface area contributed by atoms with Crippen LogP contribution in [0.4, 0.5) is 4.39 Å². The Morgan fingerprint density at radius 2 is 1.85 bits per heavy atom. The summed E-state index contributed by atoms with van der Waals surface area (Å²) >= 11 is 0. The highest BCUT2D eigenvalue weighted by Gasteiger charge is 2.28. The standard InChI is InChI=1S/C20H21FN2O2.ClH/c1-2-19(24)14-6-8-15(9-7-14)20(25)23-11-10-22-13-18(23)16-4-3-5-17(21)12-16;/h3-9,12,18,22H,2,10-11,13H2,1H3;1H. The summed E-state index contributed by atoms with van der Waals surface area (Å²) in [7, 11) is 0. The van der Waals surface area contributed by atoms with Gasteiger partial charge in [0, 0.05) is 37.2 Å². The third kappa shape index (κ3) is 4.29. The summed E-state index contributed by atoms with van der Waals surface area (Å²) < 4.78 is 13.6. The zero-order chi connectivity index (χ0) is 17.8. The van der Waals surface area contributed by atoms with Crippen LogP contribution in [0.25, 0.3) is 0 Å². The van der Waals surface area contributed by atoms with Crippen molar-refractivity contribution in [3.8, 4) is 0 Å². The summed E-state index contributed by atoms with van der Waals surface area (Å²) in [5.74, 6) is -0.358. The van der Waals surface area contributed by atoms with E-state index in [1.165, 1.54) is 12.1 Å². The van der Waals surface area contributed by atoms with Crippen molar-refractivity contribution in [2.75, 3.05) is 19.6 Å². The van der Waals surface area contributed by atoms with E-state index in [-0.39, 0.29) is 36.0 Å². The first-order chi connectivity index (χ1) is 12.1. The van der Waals surface area contributed by atoms with Gasteiger partial charge in [-0.25, -0.2) is 4.39 Å². The first-order valence-corrected chi connectivity index (χ1v) is 8.50. The number of rotatable bonds is 4. The summed E-state index contributed by atoms with van der Waals surface area (Å²) in [6, 6.07) is 12.9. The minimum absolute atomic E-state index is 0. The number of hydrogen-bond donors (Lipinski definition) is 1. The average Bonchev–Trinajstić information content (AvgIpc) is 2.67. The Balaban J connectivity index is 0.00000243. The first-order valence-electron chi connectivity index (χ1n) is 8.50. The molecule has 3 rings (SSSR count). The van der Waals surface area contributed by atoms with Crippen molar-refractivity contribution in [3.63, 3.8) is 0 Å². The lowest BCUT2D eigenvalue weighted by Crippen LogP contribution is -2.48. The molecule has 0 radical (unpaired) electrons. The molecule has 4 nitrogen and oxygen atoms in total. The van der Waals surface area contributed by atoms with Crippen LogP contribution >= 0.6 is 12.4 Å². The van der Waals surface area contributed by atoms with Gasteiger partial charge in [0.2, 0.25) is 0 Å². The van der Waals surface area contributed by atoms with Crippen molar-refractivity contribution < 1.29 is 14.0 Å². The van der Waals surface area contributed by atoms with E-state index < -0.39 is 0 Å². The zero-order valence-corrected chi connectivity index (χ0v) is 15.4. The number of benzene rings is 2. The van der Waals surface area contributed by atoms with E-state index in [1.807, 2.05) is 13.0 Å². The molecule has 1 N–H and O–H groups in total. The third-order valence-electron chi connectivity index (χ3n) is 4.51. The quantitative estimate of drug-likeness (QED) is 0.829. The molecule has 0 spiro atoms.